The zero-order valence-corrected chi connectivity index (χ0v) is 18.9. The van der Waals surface area contributed by atoms with Gasteiger partial charge in [-0.05, 0) is 48.7 Å². The summed E-state index contributed by atoms with van der Waals surface area (Å²) in [6.45, 7) is 1.79. The fraction of sp³-hybridized carbons (Fsp3) is 0.200. The lowest BCUT2D eigenvalue weighted by Gasteiger charge is -2.11. The molecule has 0 bridgehead atoms. The van der Waals surface area contributed by atoms with E-state index < -0.39 is 21.5 Å². The van der Waals surface area contributed by atoms with Crippen LogP contribution in [0.4, 0.5) is 4.39 Å². The summed E-state index contributed by atoms with van der Waals surface area (Å²) in [6, 6.07) is 9.02. The second-order valence-corrected chi connectivity index (χ2v) is 10.3. The maximum Gasteiger partial charge on any atom is 0.339 e. The van der Waals surface area contributed by atoms with Crippen LogP contribution in [0.25, 0.3) is 33.1 Å². The van der Waals surface area contributed by atoms with Crippen LogP contribution in [0.2, 0.25) is 0 Å². The van der Waals surface area contributed by atoms with Crippen LogP contribution in [-0.4, -0.2) is 26.1 Å². The van der Waals surface area contributed by atoms with Crippen molar-refractivity contribution >= 4 is 37.7 Å². The Balaban J connectivity index is 1.44. The number of aryl methyl sites for hydroxylation is 1. The Morgan fingerprint density at radius 2 is 1.91 bits per heavy atom. The minimum absolute atomic E-state index is 0.0102. The third-order valence-electron chi connectivity index (χ3n) is 6.02. The maximum absolute atomic E-state index is 13.3. The molecule has 1 aliphatic rings. The quantitative estimate of drug-likeness (QED) is 0.432. The Morgan fingerprint density at radius 3 is 2.62 bits per heavy atom. The average Bonchev–Trinajstić information content (AvgIpc) is 3.35. The summed E-state index contributed by atoms with van der Waals surface area (Å²) in [7, 11) is -3.27. The molecule has 1 unspecified atom stereocenters. The molecule has 2 aromatic heterocycles. The predicted molar refractivity (Wildman–Crippen MR) is 126 cm³/mol. The van der Waals surface area contributed by atoms with Crippen LogP contribution >= 0.6 is 0 Å². The first-order valence-electron chi connectivity index (χ1n) is 10.6. The Kier molecular flexibility index (Phi) is 5.36. The molecule has 174 valence electrons. The number of benzene rings is 2. The molecule has 0 saturated carbocycles. The number of sulfone groups is 1. The summed E-state index contributed by atoms with van der Waals surface area (Å²) >= 11 is 0. The smallest absolute Gasteiger partial charge is 0.339 e. The fourth-order valence-electron chi connectivity index (χ4n) is 4.24. The Bertz CT molecular complexity index is 1630. The second kappa shape index (κ2) is 8.25. The number of rotatable bonds is 5. The van der Waals surface area contributed by atoms with Gasteiger partial charge in [0, 0.05) is 39.8 Å². The van der Waals surface area contributed by atoms with Crippen molar-refractivity contribution in [1.82, 2.24) is 5.32 Å². The molecule has 0 fully saturated rings. The van der Waals surface area contributed by atoms with Crippen LogP contribution in [-0.2, 0) is 21.1 Å². The Hall–Kier alpha value is -3.72. The number of carbonyl (C=O) groups is 1. The zero-order chi connectivity index (χ0) is 24.0. The fourth-order valence-corrected chi connectivity index (χ4v) is 5.47. The normalized spacial score (nSPS) is 16.9. The topological polar surface area (TPSA) is 107 Å². The summed E-state index contributed by atoms with van der Waals surface area (Å²) in [5.41, 5.74) is 2.99. The molecule has 9 heteroatoms. The molecule has 1 N–H and O–H groups in total. The van der Waals surface area contributed by atoms with Crippen molar-refractivity contribution < 1.29 is 26.4 Å². The van der Waals surface area contributed by atoms with Gasteiger partial charge in [-0.2, -0.15) is 0 Å². The molecule has 1 amide bonds. The van der Waals surface area contributed by atoms with E-state index in [9.17, 15) is 22.4 Å². The molecule has 1 aliphatic heterocycles. The summed E-state index contributed by atoms with van der Waals surface area (Å²) in [6.07, 6.45) is 3.18. The number of furan rings is 1. The summed E-state index contributed by atoms with van der Waals surface area (Å²) < 4.78 is 47.5. The van der Waals surface area contributed by atoms with Gasteiger partial charge in [-0.15, -0.1) is 0 Å². The lowest BCUT2D eigenvalue weighted by Crippen LogP contribution is -2.35. The van der Waals surface area contributed by atoms with E-state index in [1.54, 1.807) is 31.4 Å². The van der Waals surface area contributed by atoms with E-state index in [4.69, 9.17) is 8.83 Å². The molecule has 1 atom stereocenters. The van der Waals surface area contributed by atoms with Gasteiger partial charge in [0.15, 0.2) is 9.84 Å². The molecule has 0 spiro atoms. The van der Waals surface area contributed by atoms with Gasteiger partial charge < -0.3 is 14.2 Å². The highest BCUT2D eigenvalue weighted by Gasteiger charge is 2.23. The van der Waals surface area contributed by atoms with Crippen LogP contribution in [0.5, 0.6) is 0 Å². The number of carbonyl (C=O) groups excluding carboxylic acids is 1. The monoisotopic (exact) mass is 481 g/mol. The molecule has 2 aromatic carbocycles. The molecular formula is C25H20FNO6S. The van der Waals surface area contributed by atoms with E-state index in [-0.39, 0.29) is 30.3 Å². The van der Waals surface area contributed by atoms with Gasteiger partial charge in [0.1, 0.15) is 17.0 Å². The maximum atomic E-state index is 13.3. The minimum atomic E-state index is -3.27. The number of amides is 1. The third kappa shape index (κ3) is 4.14. The van der Waals surface area contributed by atoms with Crippen molar-refractivity contribution in [3.8, 4) is 11.1 Å². The summed E-state index contributed by atoms with van der Waals surface area (Å²) in [5.74, 6) is -0.846. The van der Waals surface area contributed by atoms with Gasteiger partial charge in [0.25, 0.3) is 0 Å². The van der Waals surface area contributed by atoms with Gasteiger partial charge in [-0.3, -0.25) is 4.79 Å². The van der Waals surface area contributed by atoms with Crippen LogP contribution in [0.1, 0.15) is 17.5 Å². The van der Waals surface area contributed by atoms with Crippen molar-refractivity contribution in [2.75, 3.05) is 5.75 Å². The van der Waals surface area contributed by atoms with Crippen molar-refractivity contribution in [3.63, 3.8) is 0 Å². The SMILES string of the molecule is Cc1c(CCC(=O)NC2C=CS(=O)(=O)C2)c(=O)oc2cc3occ(-c4ccc(F)cc4)c3cc12. The minimum Gasteiger partial charge on any atom is -0.464 e. The van der Waals surface area contributed by atoms with Crippen molar-refractivity contribution in [1.29, 1.82) is 0 Å². The van der Waals surface area contributed by atoms with Gasteiger partial charge in [0.2, 0.25) is 5.91 Å². The van der Waals surface area contributed by atoms with Crippen molar-refractivity contribution in [2.24, 2.45) is 0 Å². The standard InChI is InChI=1S/C25H20FNO6S/c1-14-18(6-7-24(28)27-17-8-9-34(30,31)13-17)25(29)33-23-11-22-20(10-19(14)23)21(12-32-22)15-2-4-16(26)5-3-15/h2-5,8-12,17H,6-7,13H2,1H3,(H,27,28). The Morgan fingerprint density at radius 1 is 1.15 bits per heavy atom. The van der Waals surface area contributed by atoms with E-state index in [1.165, 1.54) is 18.2 Å². The molecule has 34 heavy (non-hydrogen) atoms. The molecule has 7 nitrogen and oxygen atoms in total. The summed E-state index contributed by atoms with van der Waals surface area (Å²) in [4.78, 5) is 25.0. The third-order valence-corrected chi connectivity index (χ3v) is 7.41. The van der Waals surface area contributed by atoms with Crippen LogP contribution in [0.15, 0.2) is 67.8 Å². The van der Waals surface area contributed by atoms with Gasteiger partial charge >= 0.3 is 5.63 Å². The number of nitrogens with one attached hydrogen (secondary N) is 1. The van der Waals surface area contributed by atoms with E-state index in [1.807, 2.05) is 6.07 Å². The first kappa shape index (κ1) is 22.1. The first-order chi connectivity index (χ1) is 16.2. The van der Waals surface area contributed by atoms with E-state index in [0.29, 0.717) is 27.7 Å². The molecule has 0 saturated heterocycles. The van der Waals surface area contributed by atoms with E-state index in [2.05, 4.69) is 5.32 Å². The van der Waals surface area contributed by atoms with Crippen molar-refractivity contribution in [3.05, 3.63) is 81.5 Å². The highest BCUT2D eigenvalue weighted by molar-refractivity contribution is 7.94. The molecule has 4 aromatic rings. The molecular weight excluding hydrogens is 461 g/mol. The highest BCUT2D eigenvalue weighted by atomic mass is 32.2. The number of fused-ring (bicyclic) bond motifs is 2. The van der Waals surface area contributed by atoms with E-state index in [0.717, 1.165) is 21.9 Å². The molecule has 0 radical (unpaired) electrons. The van der Waals surface area contributed by atoms with E-state index >= 15 is 0 Å². The average molecular weight is 482 g/mol. The van der Waals surface area contributed by atoms with Crippen LogP contribution < -0.4 is 10.9 Å². The molecule has 5 rings (SSSR count). The molecule has 3 heterocycles. The number of hydrogen-bond donors (Lipinski definition) is 1. The van der Waals surface area contributed by atoms with Crippen LogP contribution in [0, 0.1) is 12.7 Å². The van der Waals surface area contributed by atoms with Crippen LogP contribution in [0.3, 0.4) is 0 Å². The lowest BCUT2D eigenvalue weighted by atomic mass is 9.99. The largest absolute Gasteiger partial charge is 0.464 e. The lowest BCUT2D eigenvalue weighted by molar-refractivity contribution is -0.121. The predicted octanol–water partition coefficient (Wildman–Crippen LogP) is 4.01. The van der Waals surface area contributed by atoms with Gasteiger partial charge in [-0.1, -0.05) is 12.1 Å². The van der Waals surface area contributed by atoms with Gasteiger partial charge in [-0.25, -0.2) is 17.6 Å². The first-order valence-corrected chi connectivity index (χ1v) is 12.4. The highest BCUT2D eigenvalue weighted by Crippen LogP contribution is 2.34. The van der Waals surface area contributed by atoms with Crippen molar-refractivity contribution in [2.45, 2.75) is 25.8 Å². The molecule has 0 aliphatic carbocycles. The second-order valence-electron chi connectivity index (χ2n) is 8.33. The van der Waals surface area contributed by atoms with Gasteiger partial charge in [0.05, 0.1) is 18.1 Å². The zero-order valence-electron chi connectivity index (χ0n) is 18.1. The number of halogens is 1. The summed E-state index contributed by atoms with van der Waals surface area (Å²) in [5, 5.41) is 5.24. The Labute approximate surface area is 193 Å². The number of hydrogen-bond acceptors (Lipinski definition) is 6.